The molecular formula is C15H25N5O2S. The van der Waals surface area contributed by atoms with Crippen molar-refractivity contribution < 1.29 is 8.42 Å². The summed E-state index contributed by atoms with van der Waals surface area (Å²) >= 11 is 0. The van der Waals surface area contributed by atoms with Gasteiger partial charge in [0.25, 0.3) is 0 Å². The van der Waals surface area contributed by atoms with Gasteiger partial charge in [-0.1, -0.05) is 0 Å². The molecule has 0 bridgehead atoms. The van der Waals surface area contributed by atoms with E-state index >= 15 is 0 Å². The fourth-order valence-electron chi connectivity index (χ4n) is 3.83. The molecule has 3 rings (SSSR count). The highest BCUT2D eigenvalue weighted by atomic mass is 32.2. The second kappa shape index (κ2) is 6.33. The predicted molar refractivity (Wildman–Crippen MR) is 89.3 cm³/mol. The molecule has 1 atom stereocenters. The number of hydrogen-bond donors (Lipinski definition) is 1. The van der Waals surface area contributed by atoms with Crippen LogP contribution in [0.3, 0.4) is 0 Å². The maximum atomic E-state index is 11.7. The zero-order chi connectivity index (χ0) is 16.6. The Kier molecular flexibility index (Phi) is 4.57. The van der Waals surface area contributed by atoms with Crippen LogP contribution in [0.2, 0.25) is 0 Å². The van der Waals surface area contributed by atoms with Gasteiger partial charge < -0.3 is 5.73 Å². The average Bonchev–Trinajstić information content (AvgIpc) is 2.95. The van der Waals surface area contributed by atoms with Crippen molar-refractivity contribution in [2.24, 2.45) is 0 Å². The van der Waals surface area contributed by atoms with Crippen molar-refractivity contribution in [3.05, 3.63) is 17.6 Å². The quantitative estimate of drug-likeness (QED) is 0.880. The van der Waals surface area contributed by atoms with Gasteiger partial charge in [-0.2, -0.15) is 0 Å². The molecule has 0 amide bonds. The molecule has 2 N–H and O–H groups in total. The van der Waals surface area contributed by atoms with Crippen LogP contribution in [0, 0.1) is 6.92 Å². The van der Waals surface area contributed by atoms with Gasteiger partial charge in [0, 0.05) is 25.2 Å². The smallest absolute Gasteiger partial charge is 0.211 e. The Morgan fingerprint density at radius 2 is 1.87 bits per heavy atom. The fourth-order valence-corrected chi connectivity index (χ4v) is 4.71. The van der Waals surface area contributed by atoms with E-state index in [0.717, 1.165) is 37.9 Å². The molecule has 0 aliphatic carbocycles. The monoisotopic (exact) mass is 339 g/mol. The fraction of sp³-hybridized carbons (Fsp3) is 0.733. The molecular weight excluding hydrogens is 314 g/mol. The van der Waals surface area contributed by atoms with E-state index in [2.05, 4.69) is 14.9 Å². The first-order valence-corrected chi connectivity index (χ1v) is 10.0. The Bertz CT molecular complexity index is 650. The minimum Gasteiger partial charge on any atom is -0.384 e. The predicted octanol–water partition coefficient (Wildman–Crippen LogP) is 0.928. The number of nitrogens with zero attached hydrogens (tertiary/aromatic N) is 4. The molecule has 2 aliphatic rings. The highest BCUT2D eigenvalue weighted by Gasteiger charge is 2.35. The van der Waals surface area contributed by atoms with Crippen LogP contribution in [0.5, 0.6) is 0 Å². The summed E-state index contributed by atoms with van der Waals surface area (Å²) in [6, 6.07) is 2.56. The standard InChI is InChI=1S/C15H25N5O2S/c1-11-17-13(10-15(16)18-11)14-4-3-7-20(14)12-5-8-19(9-6-12)23(2,21)22/h10,12,14H,3-9H2,1-2H3,(H2,16,17,18). The molecule has 2 fully saturated rings. The van der Waals surface area contributed by atoms with Gasteiger partial charge in [0.2, 0.25) is 10.0 Å². The lowest BCUT2D eigenvalue weighted by atomic mass is 10.0. The molecule has 8 heteroatoms. The Morgan fingerprint density at radius 3 is 2.48 bits per heavy atom. The van der Waals surface area contributed by atoms with Crippen molar-refractivity contribution >= 4 is 15.8 Å². The second-order valence-corrected chi connectivity index (χ2v) is 8.54. The van der Waals surface area contributed by atoms with Crippen LogP contribution < -0.4 is 5.73 Å². The summed E-state index contributed by atoms with van der Waals surface area (Å²) in [5.74, 6) is 1.23. The van der Waals surface area contributed by atoms with E-state index in [0.29, 0.717) is 30.8 Å². The maximum Gasteiger partial charge on any atom is 0.211 e. The summed E-state index contributed by atoms with van der Waals surface area (Å²) in [4.78, 5) is 11.2. The van der Waals surface area contributed by atoms with Crippen molar-refractivity contribution in [1.82, 2.24) is 19.2 Å². The number of sulfonamides is 1. The van der Waals surface area contributed by atoms with Crippen LogP contribution in [-0.4, -0.2) is 59.5 Å². The molecule has 7 nitrogen and oxygen atoms in total. The second-order valence-electron chi connectivity index (χ2n) is 6.55. The minimum atomic E-state index is -3.07. The van der Waals surface area contributed by atoms with Gasteiger partial charge >= 0.3 is 0 Å². The molecule has 1 aromatic rings. The van der Waals surface area contributed by atoms with Crippen LogP contribution in [0.1, 0.15) is 43.2 Å². The molecule has 1 unspecified atom stereocenters. The summed E-state index contributed by atoms with van der Waals surface area (Å²) in [6.45, 7) is 4.12. The summed E-state index contributed by atoms with van der Waals surface area (Å²) < 4.78 is 24.9. The number of aryl methyl sites for hydroxylation is 1. The third-order valence-electron chi connectivity index (χ3n) is 4.87. The van der Waals surface area contributed by atoms with E-state index in [9.17, 15) is 8.42 Å². The number of likely N-dealkylation sites (tertiary alicyclic amines) is 1. The Balaban J connectivity index is 1.73. The number of hydrogen-bond acceptors (Lipinski definition) is 6. The van der Waals surface area contributed by atoms with Gasteiger partial charge in [-0.15, -0.1) is 0 Å². The third kappa shape index (κ3) is 3.64. The lowest BCUT2D eigenvalue weighted by Crippen LogP contribution is -2.46. The third-order valence-corrected chi connectivity index (χ3v) is 6.18. The Morgan fingerprint density at radius 1 is 1.17 bits per heavy atom. The first-order valence-electron chi connectivity index (χ1n) is 8.16. The van der Waals surface area contributed by atoms with E-state index in [1.165, 1.54) is 6.26 Å². The van der Waals surface area contributed by atoms with Crippen LogP contribution in [-0.2, 0) is 10.0 Å². The van der Waals surface area contributed by atoms with E-state index in [4.69, 9.17) is 5.73 Å². The molecule has 0 aromatic carbocycles. The van der Waals surface area contributed by atoms with E-state index < -0.39 is 10.0 Å². The number of piperidine rings is 1. The van der Waals surface area contributed by atoms with Gasteiger partial charge in [-0.05, 0) is 39.2 Å². The molecule has 1 aromatic heterocycles. The molecule has 0 radical (unpaired) electrons. The van der Waals surface area contributed by atoms with Crippen LogP contribution in [0.15, 0.2) is 6.07 Å². The topological polar surface area (TPSA) is 92.4 Å². The highest BCUT2D eigenvalue weighted by molar-refractivity contribution is 7.88. The summed E-state index contributed by atoms with van der Waals surface area (Å²) in [5.41, 5.74) is 6.87. The lowest BCUT2D eigenvalue weighted by Gasteiger charge is -2.38. The molecule has 3 heterocycles. The van der Waals surface area contributed by atoms with Crippen molar-refractivity contribution in [2.75, 3.05) is 31.6 Å². The summed E-state index contributed by atoms with van der Waals surface area (Å²) in [6.07, 6.45) is 5.26. The van der Waals surface area contributed by atoms with Gasteiger partial charge in [-0.25, -0.2) is 22.7 Å². The largest absolute Gasteiger partial charge is 0.384 e. The molecule has 0 spiro atoms. The number of anilines is 1. The van der Waals surface area contributed by atoms with Gasteiger partial charge in [-0.3, -0.25) is 4.90 Å². The van der Waals surface area contributed by atoms with Gasteiger partial charge in [0.05, 0.1) is 18.0 Å². The average molecular weight is 339 g/mol. The number of rotatable bonds is 3. The molecule has 2 saturated heterocycles. The number of nitrogen functional groups attached to an aromatic ring is 1. The van der Waals surface area contributed by atoms with Crippen molar-refractivity contribution in [2.45, 2.75) is 44.7 Å². The van der Waals surface area contributed by atoms with E-state index in [1.807, 2.05) is 13.0 Å². The molecule has 128 valence electrons. The van der Waals surface area contributed by atoms with Crippen molar-refractivity contribution in [1.29, 1.82) is 0 Å². The maximum absolute atomic E-state index is 11.7. The van der Waals surface area contributed by atoms with Crippen molar-refractivity contribution in [3.63, 3.8) is 0 Å². The van der Waals surface area contributed by atoms with Gasteiger partial charge in [0.15, 0.2) is 0 Å². The SMILES string of the molecule is Cc1nc(N)cc(C2CCCN2C2CCN(S(C)(=O)=O)CC2)n1. The first-order chi connectivity index (χ1) is 10.8. The van der Waals surface area contributed by atoms with Gasteiger partial charge in [0.1, 0.15) is 11.6 Å². The normalized spacial score (nSPS) is 25.0. The van der Waals surface area contributed by atoms with E-state index in [1.54, 1.807) is 4.31 Å². The zero-order valence-corrected chi connectivity index (χ0v) is 14.6. The first kappa shape index (κ1) is 16.6. The summed E-state index contributed by atoms with van der Waals surface area (Å²) in [5, 5.41) is 0. The summed E-state index contributed by atoms with van der Waals surface area (Å²) in [7, 11) is -3.07. The molecule has 23 heavy (non-hydrogen) atoms. The highest BCUT2D eigenvalue weighted by Crippen LogP contribution is 2.36. The van der Waals surface area contributed by atoms with Crippen LogP contribution >= 0.6 is 0 Å². The Labute approximate surface area is 137 Å². The zero-order valence-electron chi connectivity index (χ0n) is 13.8. The minimum absolute atomic E-state index is 0.272. The van der Waals surface area contributed by atoms with Crippen LogP contribution in [0.25, 0.3) is 0 Å². The van der Waals surface area contributed by atoms with Crippen LogP contribution in [0.4, 0.5) is 5.82 Å². The van der Waals surface area contributed by atoms with E-state index in [-0.39, 0.29) is 6.04 Å². The molecule has 0 saturated carbocycles. The Hall–Kier alpha value is -1.25. The lowest BCUT2D eigenvalue weighted by molar-refractivity contribution is 0.125. The number of aromatic nitrogens is 2. The number of nitrogens with two attached hydrogens (primary N) is 1. The van der Waals surface area contributed by atoms with Crippen molar-refractivity contribution in [3.8, 4) is 0 Å². The molecule has 2 aliphatic heterocycles.